The summed E-state index contributed by atoms with van der Waals surface area (Å²) < 4.78 is 4.30. The van der Waals surface area contributed by atoms with Gasteiger partial charge in [0.1, 0.15) is 27.1 Å². The van der Waals surface area contributed by atoms with Crippen LogP contribution in [-0.4, -0.2) is 70.2 Å². The highest BCUT2D eigenvalue weighted by Gasteiger charge is 2.54. The molecule has 168 valence electrons. The van der Waals surface area contributed by atoms with Crippen molar-refractivity contribution in [3.05, 3.63) is 25.9 Å². The number of rotatable bonds is 6. The van der Waals surface area contributed by atoms with Crippen LogP contribution in [0.5, 0.6) is 0 Å². The number of nitrogens with one attached hydrogen (secondary N) is 1. The second kappa shape index (κ2) is 9.03. The van der Waals surface area contributed by atoms with Crippen molar-refractivity contribution in [3.63, 3.8) is 0 Å². The third-order valence-corrected chi connectivity index (χ3v) is 8.81. The van der Waals surface area contributed by atoms with E-state index in [1.165, 1.54) is 11.8 Å². The number of aliphatic carboxylic acids is 1. The number of carboxylic acid groups (broad SMARTS) is 1. The van der Waals surface area contributed by atoms with Crippen LogP contribution in [0.4, 0.5) is 5.13 Å². The molecular weight excluding hydrogens is 545 g/mol. The molecule has 2 aromatic heterocycles. The highest BCUT2D eigenvalue weighted by Crippen LogP contribution is 2.45. The molecule has 0 bridgehead atoms. The Bertz CT molecular complexity index is 1200. The number of nitrogen functional groups attached to an aromatic ring is 1. The summed E-state index contributed by atoms with van der Waals surface area (Å²) in [6.07, 6.45) is 0. The SMILES string of the molecule is Nc1nc(C(=NO)C(=O)N[C@@H]2C(=O)N3C(C(=O)O)=C(Sc4nc(Cl)ns4)CSC23)c(Cl)s1. The third kappa shape index (κ3) is 4.13. The normalized spacial score (nSPS) is 20.8. The number of carboxylic acids is 1. The van der Waals surface area contributed by atoms with E-state index in [-0.39, 0.29) is 31.9 Å². The Kier molecular flexibility index (Phi) is 6.51. The third-order valence-electron chi connectivity index (χ3n) is 4.16. The number of thiazole rings is 1. The molecule has 5 N–H and O–H groups in total. The molecule has 32 heavy (non-hydrogen) atoms. The van der Waals surface area contributed by atoms with Gasteiger partial charge in [0.25, 0.3) is 11.8 Å². The molecule has 0 aromatic carbocycles. The number of halogens is 2. The summed E-state index contributed by atoms with van der Waals surface area (Å²) in [5, 5.41) is 23.8. The first kappa shape index (κ1) is 23.1. The zero-order valence-corrected chi connectivity index (χ0v) is 20.0. The lowest BCUT2D eigenvalue weighted by Gasteiger charge is -2.49. The fraction of sp³-hybridized carbons (Fsp3) is 0.214. The topological polar surface area (TPSA) is 184 Å². The summed E-state index contributed by atoms with van der Waals surface area (Å²) in [7, 11) is 0. The number of hydrogen-bond donors (Lipinski definition) is 4. The number of β-lactam (4-membered cyclic amide) rings is 1. The Morgan fingerprint density at radius 2 is 2.09 bits per heavy atom. The van der Waals surface area contributed by atoms with E-state index in [9.17, 15) is 24.7 Å². The smallest absolute Gasteiger partial charge is 0.353 e. The summed E-state index contributed by atoms with van der Waals surface area (Å²) >= 11 is 15.9. The molecule has 1 saturated heterocycles. The lowest BCUT2D eigenvalue weighted by molar-refractivity contribution is -0.150. The lowest BCUT2D eigenvalue weighted by Crippen LogP contribution is -2.71. The van der Waals surface area contributed by atoms with Gasteiger partial charge in [-0.25, -0.2) is 9.78 Å². The van der Waals surface area contributed by atoms with Gasteiger partial charge in [-0.2, -0.15) is 9.36 Å². The molecule has 4 heterocycles. The maximum atomic E-state index is 12.7. The van der Waals surface area contributed by atoms with Crippen LogP contribution in [0.2, 0.25) is 9.62 Å². The molecular formula is C14H9Cl2N7O5S4. The van der Waals surface area contributed by atoms with Gasteiger partial charge in [-0.1, -0.05) is 39.9 Å². The van der Waals surface area contributed by atoms with Crippen LogP contribution < -0.4 is 11.1 Å². The maximum Gasteiger partial charge on any atom is 0.353 e. The number of amides is 2. The minimum Gasteiger partial charge on any atom is -0.477 e. The van der Waals surface area contributed by atoms with Crippen LogP contribution in [0, 0.1) is 0 Å². The fourth-order valence-corrected chi connectivity index (χ4v) is 7.24. The first-order chi connectivity index (χ1) is 15.2. The molecule has 18 heteroatoms. The van der Waals surface area contributed by atoms with Gasteiger partial charge >= 0.3 is 5.97 Å². The second-order valence-electron chi connectivity index (χ2n) is 5.99. The summed E-state index contributed by atoms with van der Waals surface area (Å²) in [5.74, 6) is -2.60. The Labute approximate surface area is 205 Å². The predicted octanol–water partition coefficient (Wildman–Crippen LogP) is 1.55. The average molecular weight is 554 g/mol. The first-order valence-electron chi connectivity index (χ1n) is 8.24. The van der Waals surface area contributed by atoms with Gasteiger partial charge in [-0.05, 0) is 23.1 Å². The predicted molar refractivity (Wildman–Crippen MR) is 120 cm³/mol. The molecule has 0 saturated carbocycles. The van der Waals surface area contributed by atoms with Crippen LogP contribution in [0.3, 0.4) is 0 Å². The fourth-order valence-electron chi connectivity index (χ4n) is 2.88. The minimum atomic E-state index is -1.30. The number of carbonyl (C=O) groups excluding carboxylic acids is 2. The highest BCUT2D eigenvalue weighted by atomic mass is 35.5. The molecule has 1 fully saturated rings. The Morgan fingerprint density at radius 3 is 2.66 bits per heavy atom. The van der Waals surface area contributed by atoms with Crippen molar-refractivity contribution < 1.29 is 24.7 Å². The largest absolute Gasteiger partial charge is 0.477 e. The van der Waals surface area contributed by atoms with Gasteiger partial charge < -0.3 is 21.4 Å². The van der Waals surface area contributed by atoms with Crippen LogP contribution in [-0.2, 0) is 14.4 Å². The number of anilines is 1. The summed E-state index contributed by atoms with van der Waals surface area (Å²) in [5.41, 5.74) is 4.69. The number of hydrogen-bond acceptors (Lipinski definition) is 13. The number of carbonyl (C=O) groups is 3. The van der Waals surface area contributed by atoms with Crippen molar-refractivity contribution in [2.45, 2.75) is 15.8 Å². The molecule has 2 aliphatic heterocycles. The minimum absolute atomic E-state index is 0.0357. The van der Waals surface area contributed by atoms with Gasteiger partial charge in [-0.15, -0.1) is 11.8 Å². The molecule has 4 rings (SSSR count). The van der Waals surface area contributed by atoms with Crippen LogP contribution in [0.25, 0.3) is 0 Å². The molecule has 0 spiro atoms. The van der Waals surface area contributed by atoms with Crippen molar-refractivity contribution in [3.8, 4) is 0 Å². The number of nitrogens with zero attached hydrogens (tertiary/aromatic N) is 5. The number of thioether (sulfide) groups is 2. The van der Waals surface area contributed by atoms with Gasteiger partial charge in [0.15, 0.2) is 15.2 Å². The summed E-state index contributed by atoms with van der Waals surface area (Å²) in [6, 6.07) is -1.05. The molecule has 2 aliphatic rings. The van der Waals surface area contributed by atoms with Crippen molar-refractivity contribution in [1.29, 1.82) is 0 Å². The first-order valence-corrected chi connectivity index (χ1v) is 12.5. The molecule has 2 atom stereocenters. The van der Waals surface area contributed by atoms with Gasteiger partial charge in [0, 0.05) is 10.7 Å². The van der Waals surface area contributed by atoms with Gasteiger partial charge in [0.05, 0.1) is 0 Å². The Hall–Kier alpha value is -2.11. The van der Waals surface area contributed by atoms with Crippen molar-refractivity contribution >= 4 is 98.2 Å². The van der Waals surface area contributed by atoms with E-state index in [2.05, 4.69) is 24.8 Å². The standard InChI is InChI=1S/C14H9Cl2N7O5S4/c15-7-3(19-13(17)31-7)4(21-28)8(24)18-5-9(25)23-6(11(26)27)2(1-29-10(5)23)30-14-20-12(16)22-32-14/h5,10,28H,1H2,(H2,17,19)(H,18,24)(H,26,27)/t5-,10?/m1/s1. The van der Waals surface area contributed by atoms with Crippen LogP contribution >= 0.6 is 69.6 Å². The van der Waals surface area contributed by atoms with E-state index in [4.69, 9.17) is 28.9 Å². The van der Waals surface area contributed by atoms with Crippen molar-refractivity contribution in [2.75, 3.05) is 11.5 Å². The summed E-state index contributed by atoms with van der Waals surface area (Å²) in [4.78, 5) is 46.6. The van der Waals surface area contributed by atoms with E-state index in [1.807, 2.05) is 0 Å². The summed E-state index contributed by atoms with van der Waals surface area (Å²) in [6.45, 7) is 0. The molecule has 0 aliphatic carbocycles. The lowest BCUT2D eigenvalue weighted by atomic mass is 10.0. The Balaban J connectivity index is 1.53. The van der Waals surface area contributed by atoms with E-state index in [0.717, 1.165) is 39.5 Å². The highest BCUT2D eigenvalue weighted by molar-refractivity contribution is 8.07. The number of nitrogens with two attached hydrogens (primary N) is 1. The zero-order valence-electron chi connectivity index (χ0n) is 15.2. The number of fused-ring (bicyclic) bond motifs is 1. The molecule has 0 radical (unpaired) electrons. The quantitative estimate of drug-likeness (QED) is 0.176. The van der Waals surface area contributed by atoms with Crippen molar-refractivity contribution in [2.24, 2.45) is 5.16 Å². The monoisotopic (exact) mass is 553 g/mol. The van der Waals surface area contributed by atoms with Crippen molar-refractivity contribution in [1.82, 2.24) is 24.6 Å². The zero-order chi connectivity index (χ0) is 23.2. The van der Waals surface area contributed by atoms with E-state index < -0.39 is 34.9 Å². The molecule has 2 amide bonds. The second-order valence-corrected chi connectivity index (χ2v) is 11.2. The maximum absolute atomic E-state index is 12.7. The van der Waals surface area contributed by atoms with Gasteiger partial charge in [-0.3, -0.25) is 14.5 Å². The van der Waals surface area contributed by atoms with Crippen LogP contribution in [0.15, 0.2) is 20.1 Å². The van der Waals surface area contributed by atoms with E-state index in [0.29, 0.717) is 9.24 Å². The van der Waals surface area contributed by atoms with E-state index >= 15 is 0 Å². The number of oxime groups is 1. The molecule has 2 aromatic rings. The van der Waals surface area contributed by atoms with Crippen LogP contribution in [0.1, 0.15) is 5.69 Å². The van der Waals surface area contributed by atoms with E-state index in [1.54, 1.807) is 0 Å². The number of aromatic nitrogens is 3. The molecule has 1 unspecified atom stereocenters. The average Bonchev–Trinajstić information content (AvgIpc) is 3.30. The Morgan fingerprint density at radius 1 is 1.34 bits per heavy atom. The van der Waals surface area contributed by atoms with Gasteiger partial charge in [0.2, 0.25) is 5.28 Å². The molecule has 12 nitrogen and oxygen atoms in total.